The summed E-state index contributed by atoms with van der Waals surface area (Å²) in [7, 11) is 3.40. The standard InChI is InChI=1S/C20H25NO4/c1-24-13-11-21(12-14-25-2)19-9-5-17(6-10-19)15-16-3-7-18(8-4-16)20(22)23/h3-10H,11-15H2,1-2H3,(H,22,23). The van der Waals surface area contributed by atoms with Gasteiger partial charge in [-0.3, -0.25) is 0 Å². The molecule has 0 aliphatic carbocycles. The first-order valence-electron chi connectivity index (χ1n) is 8.28. The predicted molar refractivity (Wildman–Crippen MR) is 98.6 cm³/mol. The number of rotatable bonds is 10. The van der Waals surface area contributed by atoms with Gasteiger partial charge in [-0.2, -0.15) is 0 Å². The molecule has 0 aromatic heterocycles. The van der Waals surface area contributed by atoms with Crippen molar-refractivity contribution in [1.82, 2.24) is 0 Å². The molecular weight excluding hydrogens is 318 g/mol. The third kappa shape index (κ3) is 5.89. The largest absolute Gasteiger partial charge is 0.478 e. The summed E-state index contributed by atoms with van der Waals surface area (Å²) in [5, 5.41) is 8.95. The van der Waals surface area contributed by atoms with Crippen LogP contribution in [0.4, 0.5) is 5.69 Å². The fraction of sp³-hybridized carbons (Fsp3) is 0.350. The van der Waals surface area contributed by atoms with Gasteiger partial charge in [0.05, 0.1) is 18.8 Å². The molecule has 25 heavy (non-hydrogen) atoms. The molecule has 0 aliphatic rings. The summed E-state index contributed by atoms with van der Waals surface area (Å²) in [5.41, 5.74) is 3.73. The topological polar surface area (TPSA) is 59.0 Å². The fourth-order valence-electron chi connectivity index (χ4n) is 2.60. The molecule has 5 nitrogen and oxygen atoms in total. The number of hydrogen-bond acceptors (Lipinski definition) is 4. The van der Waals surface area contributed by atoms with Gasteiger partial charge in [-0.1, -0.05) is 24.3 Å². The van der Waals surface area contributed by atoms with Gasteiger partial charge in [-0.15, -0.1) is 0 Å². The first-order chi connectivity index (χ1) is 12.1. The minimum atomic E-state index is -0.900. The quantitative estimate of drug-likeness (QED) is 0.718. The Hall–Kier alpha value is -2.37. The van der Waals surface area contributed by atoms with Crippen LogP contribution in [0.3, 0.4) is 0 Å². The lowest BCUT2D eigenvalue weighted by Crippen LogP contribution is -2.30. The maximum Gasteiger partial charge on any atom is 0.335 e. The van der Waals surface area contributed by atoms with Crippen molar-refractivity contribution in [2.24, 2.45) is 0 Å². The highest BCUT2D eigenvalue weighted by Gasteiger charge is 2.07. The van der Waals surface area contributed by atoms with Gasteiger partial charge in [-0.25, -0.2) is 4.79 Å². The lowest BCUT2D eigenvalue weighted by atomic mass is 10.0. The summed E-state index contributed by atoms with van der Waals surface area (Å²) < 4.78 is 10.4. The summed E-state index contributed by atoms with van der Waals surface area (Å²) in [5.74, 6) is -0.900. The number of hydrogen-bond donors (Lipinski definition) is 1. The van der Waals surface area contributed by atoms with Crippen molar-refractivity contribution in [2.45, 2.75) is 6.42 Å². The molecule has 2 aromatic rings. The molecule has 0 aliphatic heterocycles. The Labute approximate surface area is 148 Å². The molecule has 1 N–H and O–H groups in total. The normalized spacial score (nSPS) is 10.6. The van der Waals surface area contributed by atoms with Crippen LogP contribution in [0.1, 0.15) is 21.5 Å². The van der Waals surface area contributed by atoms with E-state index >= 15 is 0 Å². The third-order valence-electron chi connectivity index (χ3n) is 4.04. The molecule has 0 amide bonds. The van der Waals surface area contributed by atoms with Crippen LogP contribution in [0.5, 0.6) is 0 Å². The maximum atomic E-state index is 10.9. The van der Waals surface area contributed by atoms with Gasteiger partial charge >= 0.3 is 5.97 Å². The molecule has 0 heterocycles. The summed E-state index contributed by atoms with van der Waals surface area (Å²) in [4.78, 5) is 13.1. The number of carboxylic acids is 1. The average molecular weight is 343 g/mol. The van der Waals surface area contributed by atoms with Crippen LogP contribution in [-0.2, 0) is 15.9 Å². The number of aromatic carboxylic acids is 1. The molecule has 0 bridgehead atoms. The zero-order chi connectivity index (χ0) is 18.1. The highest BCUT2D eigenvalue weighted by atomic mass is 16.5. The first kappa shape index (κ1) is 19.0. The van der Waals surface area contributed by atoms with Crippen LogP contribution in [0.15, 0.2) is 48.5 Å². The van der Waals surface area contributed by atoms with Crippen molar-refractivity contribution in [1.29, 1.82) is 0 Å². The number of nitrogens with zero attached hydrogens (tertiary/aromatic N) is 1. The van der Waals surface area contributed by atoms with Crippen LogP contribution < -0.4 is 4.90 Å². The summed E-state index contributed by atoms with van der Waals surface area (Å²) in [6, 6.07) is 15.4. The predicted octanol–water partition coefficient (Wildman–Crippen LogP) is 3.07. The minimum Gasteiger partial charge on any atom is -0.478 e. The van der Waals surface area contributed by atoms with E-state index in [4.69, 9.17) is 14.6 Å². The zero-order valence-corrected chi connectivity index (χ0v) is 14.8. The molecule has 0 radical (unpaired) electrons. The molecule has 0 fully saturated rings. The molecule has 2 aromatic carbocycles. The summed E-state index contributed by atoms with van der Waals surface area (Å²) in [6.07, 6.45) is 0.774. The second-order valence-corrected chi connectivity index (χ2v) is 5.82. The first-order valence-corrected chi connectivity index (χ1v) is 8.28. The van der Waals surface area contributed by atoms with Crippen molar-refractivity contribution in [3.8, 4) is 0 Å². The van der Waals surface area contributed by atoms with E-state index in [0.29, 0.717) is 18.8 Å². The van der Waals surface area contributed by atoms with Crippen LogP contribution in [0.25, 0.3) is 0 Å². The molecule has 0 saturated carbocycles. The second kappa shape index (κ2) is 9.81. The van der Waals surface area contributed by atoms with Crippen molar-refractivity contribution in [2.75, 3.05) is 45.4 Å². The number of carbonyl (C=O) groups is 1. The average Bonchev–Trinajstić information content (AvgIpc) is 2.63. The smallest absolute Gasteiger partial charge is 0.335 e. The van der Waals surface area contributed by atoms with E-state index in [1.54, 1.807) is 26.4 Å². The van der Waals surface area contributed by atoms with E-state index < -0.39 is 5.97 Å². The monoisotopic (exact) mass is 343 g/mol. The molecule has 0 atom stereocenters. The Bertz CT molecular complexity index is 644. The zero-order valence-electron chi connectivity index (χ0n) is 14.8. The molecule has 5 heteroatoms. The maximum absolute atomic E-state index is 10.9. The van der Waals surface area contributed by atoms with Crippen LogP contribution >= 0.6 is 0 Å². The Morgan fingerprint density at radius 2 is 1.36 bits per heavy atom. The third-order valence-corrected chi connectivity index (χ3v) is 4.04. The SMILES string of the molecule is COCCN(CCOC)c1ccc(Cc2ccc(C(=O)O)cc2)cc1. The van der Waals surface area contributed by atoms with Gasteiger partial charge in [0.1, 0.15) is 0 Å². The van der Waals surface area contributed by atoms with E-state index in [-0.39, 0.29) is 0 Å². The van der Waals surface area contributed by atoms with E-state index in [1.807, 2.05) is 12.1 Å². The Balaban J connectivity index is 2.02. The van der Waals surface area contributed by atoms with E-state index in [1.165, 1.54) is 5.56 Å². The van der Waals surface area contributed by atoms with Crippen molar-refractivity contribution < 1.29 is 19.4 Å². The van der Waals surface area contributed by atoms with Gasteiger partial charge in [0.15, 0.2) is 0 Å². The molecular formula is C20H25NO4. The number of anilines is 1. The van der Waals surface area contributed by atoms with Crippen molar-refractivity contribution in [3.05, 3.63) is 65.2 Å². The molecule has 0 saturated heterocycles. The van der Waals surface area contributed by atoms with Gasteiger partial charge in [-0.05, 0) is 41.8 Å². The van der Waals surface area contributed by atoms with Crippen LogP contribution in [-0.4, -0.2) is 51.6 Å². The van der Waals surface area contributed by atoms with Gasteiger partial charge in [0.25, 0.3) is 0 Å². The molecule has 2 rings (SSSR count). The lowest BCUT2D eigenvalue weighted by Gasteiger charge is -2.24. The Morgan fingerprint density at radius 3 is 1.80 bits per heavy atom. The lowest BCUT2D eigenvalue weighted by molar-refractivity contribution is 0.0697. The van der Waals surface area contributed by atoms with E-state index in [2.05, 4.69) is 29.2 Å². The van der Waals surface area contributed by atoms with Gasteiger partial charge in [0.2, 0.25) is 0 Å². The molecule has 0 spiro atoms. The highest BCUT2D eigenvalue weighted by Crippen LogP contribution is 2.18. The molecule has 134 valence electrons. The summed E-state index contributed by atoms with van der Waals surface area (Å²) in [6.45, 7) is 2.97. The van der Waals surface area contributed by atoms with Gasteiger partial charge in [0, 0.05) is 33.0 Å². The van der Waals surface area contributed by atoms with E-state index in [0.717, 1.165) is 30.8 Å². The summed E-state index contributed by atoms with van der Waals surface area (Å²) >= 11 is 0. The van der Waals surface area contributed by atoms with Crippen LogP contribution in [0.2, 0.25) is 0 Å². The Kier molecular flexibility index (Phi) is 7.44. The second-order valence-electron chi connectivity index (χ2n) is 5.82. The number of methoxy groups -OCH3 is 2. The van der Waals surface area contributed by atoms with Crippen LogP contribution in [0, 0.1) is 0 Å². The number of ether oxygens (including phenoxy) is 2. The van der Waals surface area contributed by atoms with Crippen molar-refractivity contribution >= 4 is 11.7 Å². The van der Waals surface area contributed by atoms with Crippen molar-refractivity contribution in [3.63, 3.8) is 0 Å². The highest BCUT2D eigenvalue weighted by molar-refractivity contribution is 5.87. The number of benzene rings is 2. The van der Waals surface area contributed by atoms with Gasteiger partial charge < -0.3 is 19.5 Å². The van der Waals surface area contributed by atoms with E-state index in [9.17, 15) is 4.79 Å². The fourth-order valence-corrected chi connectivity index (χ4v) is 2.60. The molecule has 0 unspecified atom stereocenters. The minimum absolute atomic E-state index is 0.311. The number of carboxylic acid groups (broad SMARTS) is 1. The Morgan fingerprint density at radius 1 is 0.880 bits per heavy atom.